The maximum atomic E-state index is 11.3. The molecule has 0 atom stereocenters. The number of nitrogens with zero attached hydrogens (tertiary/aromatic N) is 2. The Bertz CT molecular complexity index is 610. The lowest BCUT2D eigenvalue weighted by Gasteiger charge is -2.07. The fourth-order valence-corrected chi connectivity index (χ4v) is 2.17. The van der Waals surface area contributed by atoms with E-state index in [1.54, 1.807) is 34.3 Å². The molecule has 0 aliphatic heterocycles. The van der Waals surface area contributed by atoms with E-state index in [4.69, 9.17) is 10.00 Å². The van der Waals surface area contributed by atoms with Gasteiger partial charge in [-0.15, -0.1) is 0 Å². The molecule has 0 amide bonds. The zero-order chi connectivity index (χ0) is 12.8. The number of thiazole rings is 1. The van der Waals surface area contributed by atoms with Crippen molar-refractivity contribution in [2.45, 2.75) is 13.0 Å². The minimum Gasteiger partial charge on any atom is -0.492 e. The van der Waals surface area contributed by atoms with Gasteiger partial charge in [-0.1, -0.05) is 23.5 Å². The normalized spacial score (nSPS) is 9.94. The van der Waals surface area contributed by atoms with Gasteiger partial charge < -0.3 is 9.30 Å². The minimum atomic E-state index is 0.0485. The van der Waals surface area contributed by atoms with Crippen LogP contribution in [0.4, 0.5) is 0 Å². The average molecular weight is 260 g/mol. The van der Waals surface area contributed by atoms with Crippen LogP contribution in [-0.4, -0.2) is 11.2 Å². The Hall–Kier alpha value is -2.06. The standard InChI is InChI=1S/C13H12N2O2S/c14-10-11-4-1-2-5-12(11)17-8-3-6-15-7-9-18-13(15)16/h1-2,4-5,7,9H,3,6,8H2. The molecule has 0 saturated carbocycles. The Balaban J connectivity index is 1.84. The van der Waals surface area contributed by atoms with Crippen LogP contribution in [-0.2, 0) is 6.54 Å². The summed E-state index contributed by atoms with van der Waals surface area (Å²) < 4.78 is 7.19. The van der Waals surface area contributed by atoms with Crippen molar-refractivity contribution in [3.8, 4) is 11.8 Å². The lowest BCUT2D eigenvalue weighted by molar-refractivity contribution is 0.300. The topological polar surface area (TPSA) is 55.0 Å². The van der Waals surface area contributed by atoms with Gasteiger partial charge in [-0.25, -0.2) is 0 Å². The minimum absolute atomic E-state index is 0.0485. The Morgan fingerprint density at radius 2 is 2.22 bits per heavy atom. The van der Waals surface area contributed by atoms with Gasteiger partial charge in [-0.05, 0) is 18.6 Å². The van der Waals surface area contributed by atoms with E-state index in [0.717, 1.165) is 6.42 Å². The highest BCUT2D eigenvalue weighted by molar-refractivity contribution is 7.07. The summed E-state index contributed by atoms with van der Waals surface area (Å²) in [6, 6.07) is 9.21. The van der Waals surface area contributed by atoms with E-state index in [2.05, 4.69) is 6.07 Å². The number of aromatic nitrogens is 1. The number of aryl methyl sites for hydroxylation is 1. The third kappa shape index (κ3) is 2.99. The van der Waals surface area contributed by atoms with Crippen LogP contribution in [0.2, 0.25) is 0 Å². The smallest absolute Gasteiger partial charge is 0.307 e. The van der Waals surface area contributed by atoms with E-state index < -0.39 is 0 Å². The summed E-state index contributed by atoms with van der Waals surface area (Å²) in [6.07, 6.45) is 2.51. The second-order valence-electron chi connectivity index (χ2n) is 3.67. The molecule has 0 N–H and O–H groups in total. The lowest BCUT2D eigenvalue weighted by atomic mass is 10.2. The molecule has 4 nitrogen and oxygen atoms in total. The molecule has 0 unspecified atom stereocenters. The van der Waals surface area contributed by atoms with Gasteiger partial charge >= 0.3 is 4.87 Å². The van der Waals surface area contributed by atoms with E-state index in [1.807, 2.05) is 6.07 Å². The van der Waals surface area contributed by atoms with Crippen LogP contribution in [0.15, 0.2) is 40.6 Å². The molecule has 0 radical (unpaired) electrons. The average Bonchev–Trinajstić information content (AvgIpc) is 2.81. The summed E-state index contributed by atoms with van der Waals surface area (Å²) in [6.45, 7) is 1.12. The zero-order valence-electron chi connectivity index (χ0n) is 9.70. The van der Waals surface area contributed by atoms with Crippen LogP contribution in [0, 0.1) is 11.3 Å². The molecular formula is C13H12N2O2S. The lowest BCUT2D eigenvalue weighted by Crippen LogP contribution is -2.13. The highest BCUT2D eigenvalue weighted by Gasteiger charge is 2.01. The summed E-state index contributed by atoms with van der Waals surface area (Å²) in [5, 5.41) is 10.7. The molecule has 0 bridgehead atoms. The number of ether oxygens (including phenoxy) is 1. The SMILES string of the molecule is N#Cc1ccccc1OCCCn1ccsc1=O. The second-order valence-corrected chi connectivity index (χ2v) is 4.53. The Morgan fingerprint density at radius 1 is 1.39 bits per heavy atom. The summed E-state index contributed by atoms with van der Waals surface area (Å²) in [4.78, 5) is 11.3. The third-order valence-electron chi connectivity index (χ3n) is 2.45. The van der Waals surface area contributed by atoms with E-state index in [1.165, 1.54) is 11.3 Å². The van der Waals surface area contributed by atoms with Crippen molar-refractivity contribution < 1.29 is 4.74 Å². The largest absolute Gasteiger partial charge is 0.492 e. The van der Waals surface area contributed by atoms with Crippen LogP contribution >= 0.6 is 11.3 Å². The summed E-state index contributed by atoms with van der Waals surface area (Å²) >= 11 is 1.19. The van der Waals surface area contributed by atoms with Crippen molar-refractivity contribution in [1.82, 2.24) is 4.57 Å². The van der Waals surface area contributed by atoms with Gasteiger partial charge in [0.15, 0.2) is 0 Å². The van der Waals surface area contributed by atoms with E-state index >= 15 is 0 Å². The maximum absolute atomic E-state index is 11.3. The van der Waals surface area contributed by atoms with Crippen LogP contribution < -0.4 is 9.61 Å². The molecular weight excluding hydrogens is 248 g/mol. The number of para-hydroxylation sites is 1. The molecule has 0 aliphatic rings. The van der Waals surface area contributed by atoms with Crippen molar-refractivity contribution in [3.63, 3.8) is 0 Å². The molecule has 0 fully saturated rings. The van der Waals surface area contributed by atoms with Gasteiger partial charge in [0, 0.05) is 18.1 Å². The first-order chi connectivity index (χ1) is 8.81. The highest BCUT2D eigenvalue weighted by Crippen LogP contribution is 2.16. The van der Waals surface area contributed by atoms with Crippen molar-refractivity contribution in [3.05, 3.63) is 51.1 Å². The van der Waals surface area contributed by atoms with Gasteiger partial charge in [0.2, 0.25) is 0 Å². The molecule has 1 aromatic carbocycles. The number of hydrogen-bond acceptors (Lipinski definition) is 4. The van der Waals surface area contributed by atoms with Gasteiger partial charge in [-0.2, -0.15) is 5.26 Å². The van der Waals surface area contributed by atoms with Crippen molar-refractivity contribution in [2.24, 2.45) is 0 Å². The highest BCUT2D eigenvalue weighted by atomic mass is 32.1. The number of hydrogen-bond donors (Lipinski definition) is 0. The second kappa shape index (κ2) is 6.03. The van der Waals surface area contributed by atoms with E-state index in [9.17, 15) is 4.79 Å². The first-order valence-corrected chi connectivity index (χ1v) is 6.45. The number of nitriles is 1. The molecule has 2 rings (SSSR count). The molecule has 1 aromatic heterocycles. The molecule has 5 heteroatoms. The van der Waals surface area contributed by atoms with Crippen LogP contribution in [0.3, 0.4) is 0 Å². The molecule has 18 heavy (non-hydrogen) atoms. The summed E-state index contributed by atoms with van der Waals surface area (Å²) in [5.41, 5.74) is 0.533. The molecule has 0 spiro atoms. The fourth-order valence-electron chi connectivity index (χ4n) is 1.56. The first-order valence-electron chi connectivity index (χ1n) is 5.57. The van der Waals surface area contributed by atoms with Gasteiger partial charge in [0.05, 0.1) is 12.2 Å². The zero-order valence-corrected chi connectivity index (χ0v) is 10.5. The molecule has 0 aliphatic carbocycles. The number of rotatable bonds is 5. The molecule has 2 aromatic rings. The predicted molar refractivity (Wildman–Crippen MR) is 69.8 cm³/mol. The Morgan fingerprint density at radius 3 is 2.94 bits per heavy atom. The summed E-state index contributed by atoms with van der Waals surface area (Å²) in [5.74, 6) is 0.595. The maximum Gasteiger partial charge on any atom is 0.307 e. The Labute approximate surface area is 109 Å². The molecule has 0 saturated heterocycles. The van der Waals surface area contributed by atoms with Crippen LogP contribution in [0.1, 0.15) is 12.0 Å². The van der Waals surface area contributed by atoms with Gasteiger partial charge in [0.1, 0.15) is 11.8 Å². The van der Waals surface area contributed by atoms with Crippen molar-refractivity contribution in [1.29, 1.82) is 5.26 Å². The van der Waals surface area contributed by atoms with Crippen LogP contribution in [0.25, 0.3) is 0 Å². The van der Waals surface area contributed by atoms with Crippen molar-refractivity contribution in [2.75, 3.05) is 6.61 Å². The number of benzene rings is 1. The summed E-state index contributed by atoms with van der Waals surface area (Å²) in [7, 11) is 0. The fraction of sp³-hybridized carbons (Fsp3) is 0.231. The first kappa shape index (κ1) is 12.4. The van der Waals surface area contributed by atoms with Crippen LogP contribution in [0.5, 0.6) is 5.75 Å². The molecule has 92 valence electrons. The van der Waals surface area contributed by atoms with Crippen molar-refractivity contribution >= 4 is 11.3 Å². The van der Waals surface area contributed by atoms with Gasteiger partial charge in [-0.3, -0.25) is 4.79 Å². The third-order valence-corrected chi connectivity index (χ3v) is 3.15. The predicted octanol–water partition coefficient (Wildman–Crippen LogP) is 2.25. The van der Waals surface area contributed by atoms with E-state index in [0.29, 0.717) is 24.5 Å². The quantitative estimate of drug-likeness (QED) is 0.775. The monoisotopic (exact) mass is 260 g/mol. The molecule has 1 heterocycles. The Kier molecular flexibility index (Phi) is 4.15. The van der Waals surface area contributed by atoms with E-state index in [-0.39, 0.29) is 4.87 Å². The van der Waals surface area contributed by atoms with Gasteiger partial charge in [0.25, 0.3) is 0 Å².